The normalized spacial score (nSPS) is 10.4. The van der Waals surface area contributed by atoms with Crippen molar-refractivity contribution in [3.8, 4) is 6.07 Å². The average molecular weight is 345 g/mol. The number of thioether (sulfide) groups is 1. The lowest BCUT2D eigenvalue weighted by Crippen LogP contribution is -2.04. The highest BCUT2D eigenvalue weighted by molar-refractivity contribution is 7.98. The van der Waals surface area contributed by atoms with Crippen LogP contribution >= 0.6 is 24.0 Å². The zero-order valence-electron chi connectivity index (χ0n) is 13.0. The summed E-state index contributed by atoms with van der Waals surface area (Å²) in [4.78, 5) is 0. The zero-order valence-corrected chi connectivity index (χ0v) is 14.7. The van der Waals surface area contributed by atoms with Gasteiger partial charge in [0.1, 0.15) is 5.82 Å². The van der Waals surface area contributed by atoms with E-state index < -0.39 is 0 Å². The second kappa shape index (κ2) is 9.33. The number of benzene rings is 1. The summed E-state index contributed by atoms with van der Waals surface area (Å²) in [5.74, 6) is 2.95. The summed E-state index contributed by atoms with van der Waals surface area (Å²) in [5, 5.41) is 13.3. The molecule has 0 radical (unpaired) electrons. The van der Waals surface area contributed by atoms with Gasteiger partial charge in [-0.3, -0.25) is 0 Å². The summed E-state index contributed by atoms with van der Waals surface area (Å²) >= 11 is 7.33. The molecule has 2 rings (SSSR count). The third kappa shape index (κ3) is 5.08. The second-order valence-corrected chi connectivity index (χ2v) is 6.49. The van der Waals surface area contributed by atoms with Crippen LogP contribution in [0.15, 0.2) is 43.0 Å². The van der Waals surface area contributed by atoms with Crippen molar-refractivity contribution in [2.45, 2.75) is 31.7 Å². The Hall–Kier alpha value is -1.84. The molecule has 2 aromatic rings. The number of hydrogen-bond donors (Lipinski definition) is 0. The lowest BCUT2D eigenvalue weighted by atomic mass is 10.2. The minimum Gasteiger partial charge on any atom is -0.300 e. The first kappa shape index (κ1) is 17.5. The summed E-state index contributed by atoms with van der Waals surface area (Å²) in [6.07, 6.45) is 3.10. The molecule has 23 heavy (non-hydrogen) atoms. The highest BCUT2D eigenvalue weighted by atomic mass is 32.2. The Morgan fingerprint density at radius 3 is 2.83 bits per heavy atom. The lowest BCUT2D eigenvalue weighted by Gasteiger charge is -2.04. The molecule has 0 amide bonds. The van der Waals surface area contributed by atoms with Crippen LogP contribution in [0.2, 0.25) is 0 Å². The van der Waals surface area contributed by atoms with Gasteiger partial charge in [-0.2, -0.15) is 22.1 Å². The largest absolute Gasteiger partial charge is 0.300 e. The molecule has 0 fully saturated rings. The van der Waals surface area contributed by atoms with Crippen molar-refractivity contribution >= 4 is 24.0 Å². The van der Waals surface area contributed by atoms with Gasteiger partial charge in [0.25, 0.3) is 0 Å². The van der Waals surface area contributed by atoms with Crippen molar-refractivity contribution in [3.63, 3.8) is 0 Å². The van der Waals surface area contributed by atoms with Gasteiger partial charge in [0, 0.05) is 24.5 Å². The Kier molecular flexibility index (Phi) is 7.11. The first-order valence-electron chi connectivity index (χ1n) is 7.52. The van der Waals surface area contributed by atoms with E-state index in [2.05, 4.69) is 42.0 Å². The molecule has 0 N–H and O–H groups in total. The van der Waals surface area contributed by atoms with Gasteiger partial charge in [-0.1, -0.05) is 36.4 Å². The molecular formula is C17H20N4S2. The summed E-state index contributed by atoms with van der Waals surface area (Å²) in [5.41, 5.74) is 1.33. The summed E-state index contributed by atoms with van der Waals surface area (Å²) in [6.45, 7) is 4.99. The van der Waals surface area contributed by atoms with Crippen LogP contribution in [0.25, 0.3) is 0 Å². The molecule has 1 aromatic heterocycles. The molecule has 120 valence electrons. The van der Waals surface area contributed by atoms with Crippen molar-refractivity contribution in [1.82, 2.24) is 14.3 Å². The Balaban J connectivity index is 1.96. The number of aromatic nitrogens is 3. The Morgan fingerprint density at radius 1 is 1.35 bits per heavy atom. The maximum Gasteiger partial charge on any atom is 0.198 e. The second-order valence-electron chi connectivity index (χ2n) is 5.02. The number of allylic oxidation sites excluding steroid dienone is 1. The van der Waals surface area contributed by atoms with Crippen LogP contribution in [-0.4, -0.2) is 20.1 Å². The number of hydrogen-bond acceptors (Lipinski definition) is 4. The third-order valence-electron chi connectivity index (χ3n) is 3.33. The van der Waals surface area contributed by atoms with Gasteiger partial charge in [-0.15, -0.1) is 6.58 Å². The molecule has 1 heterocycles. The van der Waals surface area contributed by atoms with Crippen molar-refractivity contribution in [2.75, 3.05) is 5.75 Å². The number of rotatable bonds is 9. The zero-order chi connectivity index (χ0) is 16.5. The first-order chi connectivity index (χ1) is 11.3. The van der Waals surface area contributed by atoms with E-state index in [0.29, 0.717) is 24.3 Å². The van der Waals surface area contributed by atoms with Crippen molar-refractivity contribution in [2.24, 2.45) is 0 Å². The van der Waals surface area contributed by atoms with E-state index in [4.69, 9.17) is 17.5 Å². The molecule has 0 unspecified atom stereocenters. The number of nitrogens with zero attached hydrogens (tertiary/aromatic N) is 4. The van der Waals surface area contributed by atoms with Gasteiger partial charge in [0.05, 0.1) is 19.0 Å². The molecule has 0 saturated carbocycles. The van der Waals surface area contributed by atoms with Gasteiger partial charge in [0.2, 0.25) is 0 Å². The van der Waals surface area contributed by atoms with Gasteiger partial charge in [0.15, 0.2) is 4.77 Å². The van der Waals surface area contributed by atoms with Crippen LogP contribution < -0.4 is 0 Å². The molecule has 0 aliphatic carbocycles. The predicted octanol–water partition coefficient (Wildman–Crippen LogP) is 3.99. The van der Waals surface area contributed by atoms with Crippen LogP contribution in [0, 0.1) is 16.1 Å². The van der Waals surface area contributed by atoms with E-state index in [0.717, 1.165) is 23.8 Å². The van der Waals surface area contributed by atoms with Gasteiger partial charge >= 0.3 is 0 Å². The molecule has 0 aliphatic rings. The van der Waals surface area contributed by atoms with Gasteiger partial charge in [-0.05, 0) is 17.8 Å². The van der Waals surface area contributed by atoms with Crippen LogP contribution in [0.3, 0.4) is 0 Å². The summed E-state index contributed by atoms with van der Waals surface area (Å²) in [6, 6.07) is 12.6. The minimum atomic E-state index is 0.418. The maximum atomic E-state index is 8.73. The minimum absolute atomic E-state index is 0.418. The quantitative estimate of drug-likeness (QED) is 0.392. The molecule has 0 aliphatic heterocycles. The van der Waals surface area contributed by atoms with Gasteiger partial charge in [-0.25, -0.2) is 4.68 Å². The highest BCUT2D eigenvalue weighted by Gasteiger charge is 2.09. The Bertz CT molecular complexity index is 725. The SMILES string of the molecule is C=CCn1c(CCSCc2ccccc2)nn(CCC#N)c1=S. The lowest BCUT2D eigenvalue weighted by molar-refractivity contribution is 0.607. The molecule has 0 saturated heterocycles. The fourth-order valence-electron chi connectivity index (χ4n) is 2.21. The van der Waals surface area contributed by atoms with E-state index in [9.17, 15) is 0 Å². The highest BCUT2D eigenvalue weighted by Crippen LogP contribution is 2.14. The maximum absolute atomic E-state index is 8.73. The smallest absolute Gasteiger partial charge is 0.198 e. The van der Waals surface area contributed by atoms with E-state index >= 15 is 0 Å². The fourth-order valence-corrected chi connectivity index (χ4v) is 3.42. The molecule has 1 aromatic carbocycles. The third-order valence-corrected chi connectivity index (χ3v) is 4.79. The monoisotopic (exact) mass is 344 g/mol. The molecule has 6 heteroatoms. The summed E-state index contributed by atoms with van der Waals surface area (Å²) in [7, 11) is 0. The van der Waals surface area contributed by atoms with Gasteiger partial charge < -0.3 is 4.57 Å². The number of nitriles is 1. The van der Waals surface area contributed by atoms with E-state index in [1.54, 1.807) is 4.68 Å². The topological polar surface area (TPSA) is 46.5 Å². The van der Waals surface area contributed by atoms with Crippen molar-refractivity contribution < 1.29 is 0 Å². The first-order valence-corrected chi connectivity index (χ1v) is 9.08. The fraction of sp³-hybridized carbons (Fsp3) is 0.353. The van der Waals surface area contributed by atoms with Crippen LogP contribution in [0.1, 0.15) is 17.8 Å². The number of aryl methyl sites for hydroxylation is 2. The van der Waals surface area contributed by atoms with E-state index in [1.165, 1.54) is 5.56 Å². The van der Waals surface area contributed by atoms with E-state index in [-0.39, 0.29) is 0 Å². The molecule has 0 spiro atoms. The average Bonchev–Trinajstić information content (AvgIpc) is 2.87. The summed E-state index contributed by atoms with van der Waals surface area (Å²) < 4.78 is 4.42. The Labute approximate surface area is 146 Å². The van der Waals surface area contributed by atoms with Crippen molar-refractivity contribution in [1.29, 1.82) is 5.26 Å². The van der Waals surface area contributed by atoms with Crippen LogP contribution in [-0.2, 0) is 25.3 Å². The molecule has 0 atom stereocenters. The standard InChI is InChI=1S/C17H20N4S2/c1-2-11-20-16(19-21(17(20)22)12-6-10-18)9-13-23-14-15-7-4-3-5-8-15/h2-5,7-8H,1,6,9,11-14H2. The van der Waals surface area contributed by atoms with Crippen LogP contribution in [0.5, 0.6) is 0 Å². The predicted molar refractivity (Wildman–Crippen MR) is 97.8 cm³/mol. The van der Waals surface area contributed by atoms with Crippen LogP contribution in [0.4, 0.5) is 0 Å². The molecular weight excluding hydrogens is 324 g/mol. The van der Waals surface area contributed by atoms with E-state index in [1.807, 2.05) is 28.5 Å². The Morgan fingerprint density at radius 2 is 2.13 bits per heavy atom. The van der Waals surface area contributed by atoms with Crippen molar-refractivity contribution in [3.05, 3.63) is 59.1 Å². The molecule has 4 nitrogen and oxygen atoms in total. The molecule has 0 bridgehead atoms.